The maximum absolute atomic E-state index is 12.5. The maximum atomic E-state index is 12.5. The number of benzene rings is 1. The number of anilines is 1. The molecule has 6 nitrogen and oxygen atoms in total. The van der Waals surface area contributed by atoms with Gasteiger partial charge in [-0.25, -0.2) is 13.2 Å². The summed E-state index contributed by atoms with van der Waals surface area (Å²) in [4.78, 5) is 11.7. The highest BCUT2D eigenvalue weighted by Crippen LogP contribution is 2.23. The molecule has 1 aromatic carbocycles. The fourth-order valence-corrected chi connectivity index (χ4v) is 3.42. The predicted molar refractivity (Wildman–Crippen MR) is 83.5 cm³/mol. The zero-order chi connectivity index (χ0) is 16.5. The molecule has 2 rings (SSSR count). The van der Waals surface area contributed by atoms with Gasteiger partial charge in [0.05, 0.1) is 7.11 Å². The molecule has 0 amide bonds. The first-order chi connectivity index (χ1) is 10.3. The van der Waals surface area contributed by atoms with Crippen LogP contribution in [0.15, 0.2) is 35.2 Å². The topological polar surface area (TPSA) is 77.4 Å². The lowest BCUT2D eigenvalue weighted by Crippen LogP contribution is -2.13. The molecule has 2 aromatic rings. The highest BCUT2D eigenvalue weighted by atomic mass is 32.2. The minimum atomic E-state index is -3.78. The van der Waals surface area contributed by atoms with Crippen LogP contribution < -0.4 is 4.72 Å². The highest BCUT2D eigenvalue weighted by Gasteiger charge is 2.24. The average Bonchev–Trinajstić information content (AvgIpc) is 2.77. The Bertz CT molecular complexity index is 805. The molecule has 0 saturated heterocycles. The summed E-state index contributed by atoms with van der Waals surface area (Å²) in [7, 11) is -0.908. The molecule has 22 heavy (non-hydrogen) atoms. The molecule has 1 aromatic heterocycles. The van der Waals surface area contributed by atoms with Crippen molar-refractivity contribution in [1.29, 1.82) is 0 Å². The largest absolute Gasteiger partial charge is 0.464 e. The lowest BCUT2D eigenvalue weighted by atomic mass is 10.2. The Hall–Kier alpha value is -2.28. The highest BCUT2D eigenvalue weighted by molar-refractivity contribution is 7.92. The van der Waals surface area contributed by atoms with Gasteiger partial charge in [0.1, 0.15) is 10.6 Å². The summed E-state index contributed by atoms with van der Waals surface area (Å²) in [6.45, 7) is 3.55. The van der Waals surface area contributed by atoms with Crippen molar-refractivity contribution in [2.75, 3.05) is 11.8 Å². The van der Waals surface area contributed by atoms with Crippen LogP contribution >= 0.6 is 0 Å². The van der Waals surface area contributed by atoms with Gasteiger partial charge in [-0.1, -0.05) is 17.7 Å². The lowest BCUT2D eigenvalue weighted by molar-refractivity contribution is 0.0589. The summed E-state index contributed by atoms with van der Waals surface area (Å²) in [5.41, 5.74) is 2.14. The molecular formula is C15H18N2O4S. The Balaban J connectivity index is 2.41. The number of ether oxygens (including phenoxy) is 1. The molecule has 1 N–H and O–H groups in total. The van der Waals surface area contributed by atoms with Crippen molar-refractivity contribution in [2.45, 2.75) is 18.7 Å². The minimum Gasteiger partial charge on any atom is -0.464 e. The van der Waals surface area contributed by atoms with Gasteiger partial charge in [-0.2, -0.15) is 0 Å². The lowest BCUT2D eigenvalue weighted by Gasteiger charge is -2.08. The first-order valence-corrected chi connectivity index (χ1v) is 8.08. The fraction of sp³-hybridized carbons (Fsp3) is 0.267. The van der Waals surface area contributed by atoms with Crippen molar-refractivity contribution in [3.05, 3.63) is 47.3 Å². The Morgan fingerprint density at radius 3 is 2.32 bits per heavy atom. The Morgan fingerprint density at radius 1 is 1.18 bits per heavy atom. The van der Waals surface area contributed by atoms with Crippen LogP contribution in [0, 0.1) is 13.8 Å². The van der Waals surface area contributed by atoms with Gasteiger partial charge < -0.3 is 9.30 Å². The van der Waals surface area contributed by atoms with E-state index in [4.69, 9.17) is 0 Å². The SMILES string of the molecule is COC(=O)c1cc(S(=O)(=O)Nc2ccc(C)cc2)c(C)n1C. The van der Waals surface area contributed by atoms with Gasteiger partial charge in [-0.3, -0.25) is 4.72 Å². The molecule has 0 fully saturated rings. The zero-order valence-corrected chi connectivity index (χ0v) is 13.7. The molecule has 0 spiro atoms. The number of nitrogens with one attached hydrogen (secondary N) is 1. The molecule has 0 unspecified atom stereocenters. The molecule has 0 aliphatic rings. The van der Waals surface area contributed by atoms with E-state index in [2.05, 4.69) is 9.46 Å². The molecular weight excluding hydrogens is 304 g/mol. The van der Waals surface area contributed by atoms with Crippen LogP contribution in [0.4, 0.5) is 5.69 Å². The number of esters is 1. The molecule has 1 heterocycles. The summed E-state index contributed by atoms with van der Waals surface area (Å²) in [5.74, 6) is -0.581. The molecule has 0 aliphatic carbocycles. The number of aryl methyl sites for hydroxylation is 1. The van der Waals surface area contributed by atoms with E-state index in [-0.39, 0.29) is 10.6 Å². The van der Waals surface area contributed by atoms with Gasteiger partial charge in [-0.15, -0.1) is 0 Å². The number of rotatable bonds is 4. The first-order valence-electron chi connectivity index (χ1n) is 6.60. The van der Waals surface area contributed by atoms with E-state index in [1.54, 1.807) is 26.1 Å². The normalized spacial score (nSPS) is 11.3. The summed E-state index contributed by atoms with van der Waals surface area (Å²) in [6.07, 6.45) is 0. The van der Waals surface area contributed by atoms with Crippen molar-refractivity contribution in [2.24, 2.45) is 7.05 Å². The third-order valence-corrected chi connectivity index (χ3v) is 4.97. The van der Waals surface area contributed by atoms with Gasteiger partial charge in [0.15, 0.2) is 0 Å². The van der Waals surface area contributed by atoms with Crippen molar-refractivity contribution in [1.82, 2.24) is 4.57 Å². The van der Waals surface area contributed by atoms with E-state index < -0.39 is 16.0 Å². The van der Waals surface area contributed by atoms with Gasteiger partial charge in [-0.05, 0) is 32.0 Å². The monoisotopic (exact) mass is 322 g/mol. The number of nitrogens with zero attached hydrogens (tertiary/aromatic N) is 1. The number of aromatic nitrogens is 1. The van der Waals surface area contributed by atoms with Crippen LogP contribution in [0.2, 0.25) is 0 Å². The molecule has 0 aliphatic heterocycles. The number of hydrogen-bond acceptors (Lipinski definition) is 4. The van der Waals surface area contributed by atoms with E-state index in [1.165, 1.54) is 17.7 Å². The number of carbonyl (C=O) groups is 1. The van der Waals surface area contributed by atoms with Crippen LogP contribution in [0.3, 0.4) is 0 Å². The number of carbonyl (C=O) groups excluding carboxylic acids is 1. The third-order valence-electron chi connectivity index (χ3n) is 3.48. The van der Waals surface area contributed by atoms with E-state index in [9.17, 15) is 13.2 Å². The first kappa shape index (κ1) is 16.1. The van der Waals surface area contributed by atoms with Gasteiger partial charge in [0.25, 0.3) is 10.0 Å². The minimum absolute atomic E-state index is 0.0518. The number of methoxy groups -OCH3 is 1. The Morgan fingerprint density at radius 2 is 1.77 bits per heavy atom. The Labute approximate surface area is 129 Å². The third kappa shape index (κ3) is 2.99. The van der Waals surface area contributed by atoms with E-state index in [0.29, 0.717) is 11.4 Å². The summed E-state index contributed by atoms with van der Waals surface area (Å²) < 4.78 is 33.7. The quantitative estimate of drug-likeness (QED) is 0.876. The second-order valence-electron chi connectivity index (χ2n) is 5.00. The molecule has 0 saturated carbocycles. The van der Waals surface area contributed by atoms with Crippen LogP contribution in [0.25, 0.3) is 0 Å². The smallest absolute Gasteiger partial charge is 0.354 e. The van der Waals surface area contributed by atoms with Crippen molar-refractivity contribution < 1.29 is 17.9 Å². The van der Waals surface area contributed by atoms with Gasteiger partial charge >= 0.3 is 5.97 Å². The summed E-state index contributed by atoms with van der Waals surface area (Å²) >= 11 is 0. The second-order valence-corrected chi connectivity index (χ2v) is 6.65. The summed E-state index contributed by atoms with van der Waals surface area (Å²) in [5, 5.41) is 0. The molecule has 7 heteroatoms. The predicted octanol–water partition coefficient (Wildman–Crippen LogP) is 2.23. The van der Waals surface area contributed by atoms with Crippen LogP contribution in [0.5, 0.6) is 0 Å². The maximum Gasteiger partial charge on any atom is 0.354 e. The summed E-state index contributed by atoms with van der Waals surface area (Å²) in [6, 6.07) is 8.32. The second kappa shape index (κ2) is 5.84. The Kier molecular flexibility index (Phi) is 4.27. The van der Waals surface area contributed by atoms with Gasteiger partial charge in [0.2, 0.25) is 0 Å². The van der Waals surface area contributed by atoms with Crippen LogP contribution in [0.1, 0.15) is 21.7 Å². The molecule has 0 radical (unpaired) electrons. The van der Waals surface area contributed by atoms with Crippen molar-refractivity contribution in [3.8, 4) is 0 Å². The van der Waals surface area contributed by atoms with E-state index in [0.717, 1.165) is 5.56 Å². The van der Waals surface area contributed by atoms with E-state index >= 15 is 0 Å². The molecule has 0 atom stereocenters. The number of hydrogen-bond donors (Lipinski definition) is 1. The zero-order valence-electron chi connectivity index (χ0n) is 12.9. The number of sulfonamides is 1. The van der Waals surface area contributed by atoms with Crippen molar-refractivity contribution >= 4 is 21.7 Å². The fourth-order valence-electron chi connectivity index (χ4n) is 2.08. The van der Waals surface area contributed by atoms with Crippen LogP contribution in [-0.2, 0) is 21.8 Å². The molecule has 0 bridgehead atoms. The average molecular weight is 322 g/mol. The van der Waals surface area contributed by atoms with E-state index in [1.807, 2.05) is 19.1 Å². The van der Waals surface area contributed by atoms with Gasteiger partial charge in [0, 0.05) is 18.4 Å². The molecule has 118 valence electrons. The van der Waals surface area contributed by atoms with Crippen LogP contribution in [-0.4, -0.2) is 26.1 Å². The standard InChI is InChI=1S/C15H18N2O4S/c1-10-5-7-12(8-6-10)16-22(19,20)14-9-13(15(18)21-4)17(3)11(14)2/h5-9,16H,1-4H3. The van der Waals surface area contributed by atoms with Crippen molar-refractivity contribution in [3.63, 3.8) is 0 Å².